The zero-order valence-corrected chi connectivity index (χ0v) is 57.6. The molecular formula is C86H140N2. The Labute approximate surface area is 544 Å². The summed E-state index contributed by atoms with van der Waals surface area (Å²) in [5, 5.41) is 0. The van der Waals surface area contributed by atoms with Crippen LogP contribution in [0.15, 0.2) is 48.6 Å². The minimum atomic E-state index is 0.855. The van der Waals surface area contributed by atoms with Crippen LogP contribution in [-0.4, -0.2) is 46.1 Å². The third-order valence-electron chi connectivity index (χ3n) is 31.0. The largest absolute Gasteiger partial charge is 0.294 e. The van der Waals surface area contributed by atoms with Crippen molar-refractivity contribution in [1.29, 1.82) is 0 Å². The average molecular weight is 1200 g/mol. The van der Waals surface area contributed by atoms with E-state index in [1.54, 1.807) is 116 Å². The van der Waals surface area contributed by atoms with E-state index in [2.05, 4.69) is 58.4 Å². The lowest BCUT2D eigenvalue weighted by molar-refractivity contribution is -0.113. The first-order valence-electron chi connectivity index (χ1n) is 41.9. The van der Waals surface area contributed by atoms with E-state index in [1.807, 2.05) is 0 Å². The van der Waals surface area contributed by atoms with Crippen molar-refractivity contribution in [1.82, 2.24) is 9.80 Å². The van der Waals surface area contributed by atoms with Gasteiger partial charge in [0, 0.05) is 36.3 Å². The van der Waals surface area contributed by atoms with Gasteiger partial charge in [-0.25, -0.2) is 0 Å². The maximum absolute atomic E-state index is 3.37. The molecule has 88 heavy (non-hydrogen) atoms. The Kier molecular flexibility index (Phi) is 23.4. The highest BCUT2D eigenvalue weighted by molar-refractivity contribution is 5.08. The predicted molar refractivity (Wildman–Crippen MR) is 375 cm³/mol. The molecule has 0 amide bonds. The van der Waals surface area contributed by atoms with Gasteiger partial charge < -0.3 is 0 Å². The Bertz CT molecular complexity index is 2030. The lowest BCUT2D eigenvalue weighted by atomic mass is 9.45. The van der Waals surface area contributed by atoms with Gasteiger partial charge in [0.05, 0.1) is 0 Å². The molecule has 8 atom stereocenters. The third-order valence-corrected chi connectivity index (χ3v) is 31.0. The van der Waals surface area contributed by atoms with Crippen molar-refractivity contribution in [3.8, 4) is 0 Å². The molecule has 494 valence electrons. The Morgan fingerprint density at radius 1 is 0.148 bits per heavy atom. The van der Waals surface area contributed by atoms with Crippen molar-refractivity contribution >= 4 is 0 Å². The van der Waals surface area contributed by atoms with E-state index in [0.717, 1.165) is 143 Å². The third kappa shape index (κ3) is 16.1. The molecule has 0 spiro atoms. The Morgan fingerprint density at radius 2 is 0.364 bits per heavy atom. The fourth-order valence-electron chi connectivity index (χ4n) is 26.3. The van der Waals surface area contributed by atoms with Crippen LogP contribution in [-0.2, 0) is 0 Å². The van der Waals surface area contributed by atoms with Crippen molar-refractivity contribution in [3.63, 3.8) is 0 Å². The standard InChI is InChI=1S/C86H140N2/c1-5-15-63(16-6-1)25-29-67-33-46-74(47-34-67)87(75-48-35-68(36-49-75)30-26-64-17-7-2-8-18-64)78-54-41-72(42-55-78)81-59-60-82(86-84(81)62-61-83-80-24-14-13-23-71(80)45-58-85(83)86)73-43-56-79(57-44-73)88(76-50-37-69(38-51-76)31-27-65-19-9-3-10-20-65)77-52-39-70(40-53-77)32-28-66-21-11-4-12-22-66/h25-32,63-86H,1-24,33-62H2. The summed E-state index contributed by atoms with van der Waals surface area (Å²) in [6.07, 6.45) is 103. The van der Waals surface area contributed by atoms with Crippen molar-refractivity contribution in [2.24, 2.45) is 107 Å². The second-order valence-corrected chi connectivity index (χ2v) is 35.8. The fraction of sp³-hybridized carbons (Fsp3) is 0.907. The van der Waals surface area contributed by atoms with Crippen LogP contribution in [0.5, 0.6) is 0 Å². The summed E-state index contributed by atoms with van der Waals surface area (Å²) in [7, 11) is 0. The van der Waals surface area contributed by atoms with Crippen molar-refractivity contribution in [2.45, 2.75) is 383 Å². The summed E-state index contributed by atoms with van der Waals surface area (Å²) in [5.41, 5.74) is 0. The van der Waals surface area contributed by atoms with E-state index in [0.29, 0.717) is 0 Å². The van der Waals surface area contributed by atoms with Crippen molar-refractivity contribution in [2.75, 3.05) is 0 Å². The molecule has 0 saturated heterocycles. The van der Waals surface area contributed by atoms with E-state index < -0.39 is 0 Å². The summed E-state index contributed by atoms with van der Waals surface area (Å²) in [6, 6.07) is 5.15. The van der Waals surface area contributed by atoms with Crippen LogP contribution in [0.2, 0.25) is 0 Å². The van der Waals surface area contributed by atoms with Crippen LogP contribution in [0, 0.1) is 107 Å². The number of hydrogen-bond acceptors (Lipinski definition) is 2. The number of hydrogen-bond donors (Lipinski definition) is 0. The second-order valence-electron chi connectivity index (χ2n) is 35.8. The topological polar surface area (TPSA) is 6.48 Å². The molecule has 0 radical (unpaired) electrons. The van der Waals surface area contributed by atoms with Gasteiger partial charge in [-0.1, -0.05) is 145 Å². The molecule has 14 fully saturated rings. The van der Waals surface area contributed by atoms with Crippen LogP contribution in [0.3, 0.4) is 0 Å². The Morgan fingerprint density at radius 3 is 0.727 bits per heavy atom. The minimum Gasteiger partial charge on any atom is -0.294 e. The lowest BCUT2D eigenvalue weighted by Crippen LogP contribution is -2.55. The molecule has 2 nitrogen and oxygen atoms in total. The molecule has 14 aliphatic carbocycles. The molecule has 0 heterocycles. The summed E-state index contributed by atoms with van der Waals surface area (Å²) in [4.78, 5) is 6.74. The van der Waals surface area contributed by atoms with Crippen LogP contribution < -0.4 is 0 Å². The summed E-state index contributed by atoms with van der Waals surface area (Å²) >= 11 is 0. The number of rotatable bonds is 16. The first-order valence-corrected chi connectivity index (χ1v) is 41.9. The Hall–Kier alpha value is -1.12. The highest BCUT2D eigenvalue weighted by atomic mass is 15.2. The molecule has 2 heteroatoms. The predicted octanol–water partition coefficient (Wildman–Crippen LogP) is 24.4. The summed E-state index contributed by atoms with van der Waals surface area (Å²) < 4.78 is 0. The number of fused-ring (bicyclic) bond motifs is 5. The zero-order valence-electron chi connectivity index (χ0n) is 57.6. The van der Waals surface area contributed by atoms with E-state index in [1.165, 1.54) is 231 Å². The summed E-state index contributed by atoms with van der Waals surface area (Å²) in [6.45, 7) is 0. The van der Waals surface area contributed by atoms with Crippen molar-refractivity contribution < 1.29 is 0 Å². The van der Waals surface area contributed by atoms with E-state index in [-0.39, 0.29) is 0 Å². The van der Waals surface area contributed by atoms with Gasteiger partial charge in [-0.2, -0.15) is 0 Å². The van der Waals surface area contributed by atoms with Gasteiger partial charge in [0.25, 0.3) is 0 Å². The first kappa shape index (κ1) is 64.2. The molecule has 0 aromatic rings. The second kappa shape index (κ2) is 32.1. The quantitative estimate of drug-likeness (QED) is 0.142. The molecule has 0 aromatic carbocycles. The molecule has 0 aliphatic heterocycles. The molecule has 0 N–H and O–H groups in total. The lowest BCUT2D eigenvalue weighted by Gasteiger charge is -2.60. The molecule has 14 saturated carbocycles. The van der Waals surface area contributed by atoms with Crippen LogP contribution in [0.4, 0.5) is 0 Å². The maximum Gasteiger partial charge on any atom is 0.0102 e. The highest BCUT2D eigenvalue weighted by Crippen LogP contribution is 2.63. The van der Waals surface area contributed by atoms with Gasteiger partial charge in [-0.05, 0) is 357 Å². The van der Waals surface area contributed by atoms with Crippen LogP contribution in [0.25, 0.3) is 0 Å². The van der Waals surface area contributed by atoms with E-state index in [4.69, 9.17) is 0 Å². The van der Waals surface area contributed by atoms with Crippen LogP contribution in [0.1, 0.15) is 347 Å². The monoisotopic (exact) mass is 1200 g/mol. The van der Waals surface area contributed by atoms with Gasteiger partial charge in [-0.15, -0.1) is 0 Å². The van der Waals surface area contributed by atoms with Gasteiger partial charge in [0.15, 0.2) is 0 Å². The van der Waals surface area contributed by atoms with Gasteiger partial charge >= 0.3 is 0 Å². The van der Waals surface area contributed by atoms with Crippen molar-refractivity contribution in [3.05, 3.63) is 48.6 Å². The molecule has 14 aliphatic rings. The molecule has 0 bridgehead atoms. The average Bonchev–Trinajstić information content (AvgIpc) is 1.79. The fourth-order valence-corrected chi connectivity index (χ4v) is 26.3. The van der Waals surface area contributed by atoms with Gasteiger partial charge in [0.2, 0.25) is 0 Å². The number of allylic oxidation sites excluding steroid dienone is 8. The number of nitrogens with zero attached hydrogens (tertiary/aromatic N) is 2. The van der Waals surface area contributed by atoms with Crippen LogP contribution >= 0.6 is 0 Å². The maximum atomic E-state index is 3.37. The molecule has 8 unspecified atom stereocenters. The highest BCUT2D eigenvalue weighted by Gasteiger charge is 2.56. The first-order chi connectivity index (χ1) is 43.6. The molecular weight excluding hydrogens is 1060 g/mol. The SMILES string of the molecule is C(=CC1CCC(N(C2CCC(C=CC3CCCCC3)CC2)C2CCC(C3CCC(C4CCC(N(C5CCC(C=CC6CCCCC6)CC5)C5CCC(C=CC6CCCCC6)CC5)CC4)C4C3CCC3C5CCCCC5CCC34)CC2)CC1)C1CCCCC1. The van der Waals surface area contributed by atoms with E-state index in [9.17, 15) is 0 Å². The minimum absolute atomic E-state index is 0.855. The molecule has 0 aromatic heterocycles. The normalized spacial score (nSPS) is 43.8. The van der Waals surface area contributed by atoms with E-state index >= 15 is 0 Å². The van der Waals surface area contributed by atoms with Gasteiger partial charge in [-0.3, -0.25) is 9.80 Å². The summed E-state index contributed by atoms with van der Waals surface area (Å²) in [5.74, 6) is 17.6. The smallest absolute Gasteiger partial charge is 0.0102 e. The zero-order chi connectivity index (χ0) is 58.9. The molecule has 14 rings (SSSR count). The Balaban J connectivity index is 0.641. The van der Waals surface area contributed by atoms with Gasteiger partial charge in [0.1, 0.15) is 0 Å².